The summed E-state index contributed by atoms with van der Waals surface area (Å²) in [5, 5.41) is 5.69. The molecule has 0 radical (unpaired) electrons. The third-order valence-electron chi connectivity index (χ3n) is 4.50. The average Bonchev–Trinajstić information content (AvgIpc) is 3.11. The SMILES string of the molecule is CCc1ccccc1NC(=O)CC1C(=O)Nc2nc3ccccc3n21. The fourth-order valence-electron chi connectivity index (χ4n) is 3.27. The van der Waals surface area contributed by atoms with Crippen LogP contribution in [0.1, 0.15) is 24.9 Å². The van der Waals surface area contributed by atoms with Gasteiger partial charge >= 0.3 is 0 Å². The monoisotopic (exact) mass is 334 g/mol. The molecule has 0 fully saturated rings. The molecular weight excluding hydrogens is 316 g/mol. The molecule has 4 rings (SSSR count). The van der Waals surface area contributed by atoms with E-state index in [2.05, 4.69) is 15.6 Å². The number of hydrogen-bond acceptors (Lipinski definition) is 3. The molecule has 2 N–H and O–H groups in total. The lowest BCUT2D eigenvalue weighted by atomic mass is 10.1. The summed E-state index contributed by atoms with van der Waals surface area (Å²) in [7, 11) is 0. The Balaban J connectivity index is 1.59. The topological polar surface area (TPSA) is 76.0 Å². The highest BCUT2D eigenvalue weighted by Crippen LogP contribution is 2.32. The number of aromatic nitrogens is 2. The lowest BCUT2D eigenvalue weighted by Crippen LogP contribution is -2.23. The van der Waals surface area contributed by atoms with Crippen LogP contribution in [0.25, 0.3) is 11.0 Å². The summed E-state index contributed by atoms with van der Waals surface area (Å²) in [6.07, 6.45) is 0.897. The minimum absolute atomic E-state index is 0.0667. The van der Waals surface area contributed by atoms with Crippen molar-refractivity contribution in [3.8, 4) is 0 Å². The highest BCUT2D eigenvalue weighted by atomic mass is 16.2. The van der Waals surface area contributed by atoms with Gasteiger partial charge in [0.1, 0.15) is 6.04 Å². The Morgan fingerprint density at radius 3 is 2.80 bits per heavy atom. The highest BCUT2D eigenvalue weighted by molar-refractivity contribution is 6.03. The molecule has 1 unspecified atom stereocenters. The average molecular weight is 334 g/mol. The smallest absolute Gasteiger partial charge is 0.250 e. The van der Waals surface area contributed by atoms with Crippen molar-refractivity contribution < 1.29 is 9.59 Å². The fraction of sp³-hybridized carbons (Fsp3) is 0.211. The van der Waals surface area contributed by atoms with Gasteiger partial charge in [0.05, 0.1) is 17.5 Å². The standard InChI is InChI=1S/C19H18N4O2/c1-2-12-7-3-4-8-13(12)20-17(24)11-16-18(25)22-19-21-14-9-5-6-10-15(14)23(16)19/h3-10,16H,2,11H2,1H3,(H,20,24)(H,21,22,25). The molecule has 3 aromatic rings. The van der Waals surface area contributed by atoms with Gasteiger partial charge in [-0.15, -0.1) is 0 Å². The molecule has 1 aliphatic rings. The normalized spacial score (nSPS) is 15.9. The van der Waals surface area contributed by atoms with Gasteiger partial charge in [-0.3, -0.25) is 19.5 Å². The van der Waals surface area contributed by atoms with E-state index in [4.69, 9.17) is 0 Å². The maximum Gasteiger partial charge on any atom is 0.250 e. The number of aryl methyl sites for hydroxylation is 1. The number of hydrogen-bond donors (Lipinski definition) is 2. The Morgan fingerprint density at radius 1 is 1.20 bits per heavy atom. The van der Waals surface area contributed by atoms with Gasteiger partial charge in [0.15, 0.2) is 0 Å². The Hall–Kier alpha value is -3.15. The molecule has 2 heterocycles. The number of nitrogens with one attached hydrogen (secondary N) is 2. The van der Waals surface area contributed by atoms with Crippen LogP contribution in [0, 0.1) is 0 Å². The zero-order chi connectivity index (χ0) is 17.4. The van der Waals surface area contributed by atoms with Crippen molar-refractivity contribution in [2.45, 2.75) is 25.8 Å². The van der Waals surface area contributed by atoms with Crippen LogP contribution in [0.3, 0.4) is 0 Å². The second-order valence-corrected chi connectivity index (χ2v) is 6.06. The van der Waals surface area contributed by atoms with E-state index in [1.54, 1.807) is 0 Å². The number of carbonyl (C=O) groups excluding carboxylic acids is 2. The molecule has 0 saturated heterocycles. The van der Waals surface area contributed by atoms with Crippen LogP contribution in [0.2, 0.25) is 0 Å². The van der Waals surface area contributed by atoms with Crippen molar-refractivity contribution >= 4 is 34.5 Å². The molecule has 126 valence electrons. The molecule has 25 heavy (non-hydrogen) atoms. The van der Waals surface area contributed by atoms with Gasteiger partial charge in [-0.05, 0) is 30.2 Å². The van der Waals surface area contributed by atoms with Crippen LogP contribution >= 0.6 is 0 Å². The largest absolute Gasteiger partial charge is 0.326 e. The molecule has 0 saturated carbocycles. The summed E-state index contributed by atoms with van der Waals surface area (Å²) >= 11 is 0. The molecular formula is C19H18N4O2. The lowest BCUT2D eigenvalue weighted by Gasteiger charge is -2.13. The summed E-state index contributed by atoms with van der Waals surface area (Å²) in [6, 6.07) is 14.7. The molecule has 0 bridgehead atoms. The van der Waals surface area contributed by atoms with Gasteiger partial charge in [0, 0.05) is 5.69 Å². The second kappa shape index (κ2) is 6.05. The van der Waals surface area contributed by atoms with E-state index in [1.165, 1.54) is 0 Å². The van der Waals surface area contributed by atoms with Crippen molar-refractivity contribution in [1.82, 2.24) is 9.55 Å². The van der Waals surface area contributed by atoms with Crippen molar-refractivity contribution in [3.05, 3.63) is 54.1 Å². The van der Waals surface area contributed by atoms with E-state index in [0.29, 0.717) is 5.95 Å². The molecule has 2 amide bonds. The number of benzene rings is 2. The number of para-hydroxylation sites is 3. The van der Waals surface area contributed by atoms with Gasteiger partial charge in [0.25, 0.3) is 0 Å². The fourth-order valence-corrected chi connectivity index (χ4v) is 3.27. The summed E-state index contributed by atoms with van der Waals surface area (Å²) in [4.78, 5) is 29.2. The lowest BCUT2D eigenvalue weighted by molar-refractivity contribution is -0.123. The summed E-state index contributed by atoms with van der Waals surface area (Å²) in [5.74, 6) is 0.108. The van der Waals surface area contributed by atoms with Crippen LogP contribution in [0.15, 0.2) is 48.5 Å². The predicted octanol–water partition coefficient (Wildman–Crippen LogP) is 3.12. The molecule has 1 aliphatic heterocycles. The molecule has 2 aromatic carbocycles. The van der Waals surface area contributed by atoms with Gasteiger partial charge in [-0.1, -0.05) is 37.3 Å². The molecule has 6 nitrogen and oxygen atoms in total. The Kier molecular flexibility index (Phi) is 3.72. The molecule has 1 aromatic heterocycles. The van der Waals surface area contributed by atoms with E-state index < -0.39 is 6.04 Å². The van der Waals surface area contributed by atoms with Crippen molar-refractivity contribution in [1.29, 1.82) is 0 Å². The van der Waals surface area contributed by atoms with Crippen molar-refractivity contribution in [2.24, 2.45) is 0 Å². The van der Waals surface area contributed by atoms with Crippen LogP contribution in [0.5, 0.6) is 0 Å². The minimum atomic E-state index is -0.587. The number of nitrogens with zero attached hydrogens (tertiary/aromatic N) is 2. The van der Waals surface area contributed by atoms with E-state index in [0.717, 1.165) is 28.7 Å². The van der Waals surface area contributed by atoms with E-state index in [9.17, 15) is 9.59 Å². The maximum absolute atomic E-state index is 12.5. The van der Waals surface area contributed by atoms with Gasteiger partial charge < -0.3 is 5.32 Å². The zero-order valence-corrected chi connectivity index (χ0v) is 13.8. The van der Waals surface area contributed by atoms with E-state index in [-0.39, 0.29) is 18.2 Å². The number of imidazole rings is 1. The van der Waals surface area contributed by atoms with Gasteiger partial charge in [-0.2, -0.15) is 0 Å². The summed E-state index contributed by atoms with van der Waals surface area (Å²) in [6.45, 7) is 2.04. The first kappa shape index (κ1) is 15.4. The Labute approximate surface area is 144 Å². The first-order valence-corrected chi connectivity index (χ1v) is 8.33. The number of amides is 2. The molecule has 1 atom stereocenters. The number of carbonyl (C=O) groups is 2. The molecule has 0 aliphatic carbocycles. The quantitative estimate of drug-likeness (QED) is 0.770. The minimum Gasteiger partial charge on any atom is -0.326 e. The van der Waals surface area contributed by atoms with E-state index in [1.807, 2.05) is 60.0 Å². The highest BCUT2D eigenvalue weighted by Gasteiger charge is 2.34. The van der Waals surface area contributed by atoms with E-state index >= 15 is 0 Å². The third-order valence-corrected chi connectivity index (χ3v) is 4.50. The second-order valence-electron chi connectivity index (χ2n) is 6.06. The first-order chi connectivity index (χ1) is 12.2. The predicted molar refractivity (Wildman–Crippen MR) is 96.5 cm³/mol. The van der Waals surface area contributed by atoms with Crippen molar-refractivity contribution in [3.63, 3.8) is 0 Å². The molecule has 6 heteroatoms. The van der Waals surface area contributed by atoms with Gasteiger partial charge in [-0.25, -0.2) is 4.98 Å². The number of rotatable bonds is 4. The first-order valence-electron chi connectivity index (χ1n) is 8.33. The van der Waals surface area contributed by atoms with Gasteiger partial charge in [0.2, 0.25) is 17.8 Å². The van der Waals surface area contributed by atoms with Crippen molar-refractivity contribution in [2.75, 3.05) is 10.6 Å². The van der Waals surface area contributed by atoms with Crippen LogP contribution < -0.4 is 10.6 Å². The van der Waals surface area contributed by atoms with Crippen LogP contribution in [-0.4, -0.2) is 21.4 Å². The third kappa shape index (κ3) is 2.65. The molecule has 0 spiro atoms. The Bertz CT molecular complexity index is 976. The Morgan fingerprint density at radius 2 is 1.96 bits per heavy atom. The zero-order valence-electron chi connectivity index (χ0n) is 13.8. The maximum atomic E-state index is 12.5. The summed E-state index contributed by atoms with van der Waals surface area (Å²) < 4.78 is 1.81. The summed E-state index contributed by atoms with van der Waals surface area (Å²) in [5.41, 5.74) is 3.52. The van der Waals surface area contributed by atoms with Crippen LogP contribution in [-0.2, 0) is 16.0 Å². The van der Waals surface area contributed by atoms with Crippen LogP contribution in [0.4, 0.5) is 11.6 Å². The number of anilines is 2. The number of fused-ring (bicyclic) bond motifs is 3.